The third-order valence-electron chi connectivity index (χ3n) is 7.15. The van der Waals surface area contributed by atoms with Gasteiger partial charge in [-0.3, -0.25) is 14.7 Å². The number of piperazine rings is 1. The lowest BCUT2D eigenvalue weighted by Gasteiger charge is -2.38. The van der Waals surface area contributed by atoms with Crippen molar-refractivity contribution in [3.8, 4) is 0 Å². The van der Waals surface area contributed by atoms with E-state index in [9.17, 15) is 4.79 Å². The van der Waals surface area contributed by atoms with E-state index in [2.05, 4.69) is 45.7 Å². The van der Waals surface area contributed by atoms with Crippen molar-refractivity contribution in [1.82, 2.24) is 24.9 Å². The number of likely N-dealkylation sites (tertiary alicyclic amines) is 1. The molecule has 0 aromatic rings. The van der Waals surface area contributed by atoms with Crippen LogP contribution in [0.1, 0.15) is 46.5 Å². The SMILES string of the molecule is CCNC(=NCCN1CCN(C(=O)C2CCC2)CC1)N1CCC(CN(CC)CC)C1. The molecule has 0 aromatic carbocycles. The van der Waals surface area contributed by atoms with Gasteiger partial charge >= 0.3 is 0 Å². The van der Waals surface area contributed by atoms with Gasteiger partial charge in [0.2, 0.25) is 5.91 Å². The molecule has 1 aliphatic carbocycles. The molecule has 1 saturated carbocycles. The van der Waals surface area contributed by atoms with Crippen LogP contribution in [0.3, 0.4) is 0 Å². The number of carbonyl (C=O) groups excluding carboxylic acids is 1. The van der Waals surface area contributed by atoms with Crippen molar-refractivity contribution >= 4 is 11.9 Å². The lowest BCUT2D eigenvalue weighted by molar-refractivity contribution is -0.139. The van der Waals surface area contributed by atoms with Crippen LogP contribution in [0.25, 0.3) is 0 Å². The Labute approximate surface area is 183 Å². The molecular weight excluding hydrogens is 376 g/mol. The predicted octanol–water partition coefficient (Wildman–Crippen LogP) is 1.56. The summed E-state index contributed by atoms with van der Waals surface area (Å²) in [5.41, 5.74) is 0. The highest BCUT2D eigenvalue weighted by atomic mass is 16.2. The van der Waals surface area contributed by atoms with Crippen molar-refractivity contribution in [2.75, 3.05) is 78.5 Å². The molecule has 1 amide bonds. The van der Waals surface area contributed by atoms with E-state index in [-0.39, 0.29) is 0 Å². The quantitative estimate of drug-likeness (QED) is 0.453. The topological polar surface area (TPSA) is 54.4 Å². The molecule has 0 bridgehead atoms. The Hall–Kier alpha value is -1.34. The van der Waals surface area contributed by atoms with Crippen LogP contribution in [0.15, 0.2) is 4.99 Å². The summed E-state index contributed by atoms with van der Waals surface area (Å²) in [7, 11) is 0. The van der Waals surface area contributed by atoms with Gasteiger partial charge in [-0.05, 0) is 45.2 Å². The summed E-state index contributed by atoms with van der Waals surface area (Å²) >= 11 is 0. The van der Waals surface area contributed by atoms with E-state index in [1.807, 2.05) is 0 Å². The molecule has 1 atom stereocenters. The molecule has 7 nitrogen and oxygen atoms in total. The van der Waals surface area contributed by atoms with Crippen molar-refractivity contribution in [2.24, 2.45) is 16.8 Å². The van der Waals surface area contributed by atoms with Gasteiger partial charge in [0, 0.05) is 64.8 Å². The lowest BCUT2D eigenvalue weighted by Crippen LogP contribution is -2.51. The van der Waals surface area contributed by atoms with Gasteiger partial charge in [0.05, 0.1) is 6.54 Å². The van der Waals surface area contributed by atoms with Crippen LogP contribution in [0.4, 0.5) is 0 Å². The van der Waals surface area contributed by atoms with Crippen LogP contribution in [0.2, 0.25) is 0 Å². The molecule has 0 spiro atoms. The number of hydrogen-bond donors (Lipinski definition) is 1. The highest BCUT2D eigenvalue weighted by molar-refractivity contribution is 5.80. The molecular formula is C23H44N6O. The van der Waals surface area contributed by atoms with E-state index in [1.165, 1.54) is 19.4 Å². The fraction of sp³-hybridized carbons (Fsp3) is 0.913. The van der Waals surface area contributed by atoms with Gasteiger partial charge in [0.15, 0.2) is 5.96 Å². The van der Waals surface area contributed by atoms with Gasteiger partial charge in [-0.25, -0.2) is 0 Å². The molecule has 2 saturated heterocycles. The van der Waals surface area contributed by atoms with Crippen molar-refractivity contribution in [3.63, 3.8) is 0 Å². The second kappa shape index (κ2) is 11.9. The van der Waals surface area contributed by atoms with Crippen LogP contribution < -0.4 is 5.32 Å². The third-order valence-corrected chi connectivity index (χ3v) is 7.15. The zero-order valence-corrected chi connectivity index (χ0v) is 19.6. The van der Waals surface area contributed by atoms with E-state index in [1.54, 1.807) is 0 Å². The summed E-state index contributed by atoms with van der Waals surface area (Å²) in [6.07, 6.45) is 4.70. The number of nitrogens with zero attached hydrogens (tertiary/aromatic N) is 5. The number of rotatable bonds is 9. The molecule has 1 unspecified atom stereocenters. The smallest absolute Gasteiger partial charge is 0.225 e. The van der Waals surface area contributed by atoms with Crippen molar-refractivity contribution in [2.45, 2.75) is 46.5 Å². The van der Waals surface area contributed by atoms with E-state index in [0.717, 1.165) is 96.7 Å². The molecule has 3 fully saturated rings. The van der Waals surface area contributed by atoms with Crippen LogP contribution in [-0.2, 0) is 4.79 Å². The second-order valence-corrected chi connectivity index (χ2v) is 9.12. The van der Waals surface area contributed by atoms with Crippen molar-refractivity contribution in [3.05, 3.63) is 0 Å². The minimum atomic E-state index is 0.329. The molecule has 1 N–H and O–H groups in total. The van der Waals surface area contributed by atoms with Crippen molar-refractivity contribution < 1.29 is 4.79 Å². The predicted molar refractivity (Wildman–Crippen MR) is 124 cm³/mol. The van der Waals surface area contributed by atoms with E-state index < -0.39 is 0 Å². The molecule has 30 heavy (non-hydrogen) atoms. The zero-order chi connectivity index (χ0) is 21.3. The standard InChI is InChI=1S/C23H44N6O/c1-4-24-23(29-12-10-20(19-29)18-26(5-2)6-3)25-11-13-27-14-16-28(17-15-27)22(30)21-8-7-9-21/h20-21H,4-19H2,1-3H3,(H,24,25). The third kappa shape index (κ3) is 6.33. The maximum absolute atomic E-state index is 12.4. The number of carbonyl (C=O) groups is 1. The maximum Gasteiger partial charge on any atom is 0.225 e. The molecule has 0 aromatic heterocycles. The Morgan fingerprint density at radius 2 is 1.73 bits per heavy atom. The van der Waals surface area contributed by atoms with Gasteiger partial charge in [-0.15, -0.1) is 0 Å². The summed E-state index contributed by atoms with van der Waals surface area (Å²) in [4.78, 5) is 26.9. The minimum Gasteiger partial charge on any atom is -0.357 e. The average Bonchev–Trinajstić information content (AvgIpc) is 3.19. The first-order chi connectivity index (χ1) is 14.6. The molecule has 7 heteroatoms. The normalized spacial score (nSPS) is 23.9. The molecule has 0 radical (unpaired) electrons. The summed E-state index contributed by atoms with van der Waals surface area (Å²) in [5.74, 6) is 2.56. The molecule has 2 heterocycles. The first kappa shape index (κ1) is 23.3. The summed E-state index contributed by atoms with van der Waals surface area (Å²) in [5, 5.41) is 3.50. The van der Waals surface area contributed by atoms with E-state index in [0.29, 0.717) is 11.8 Å². The van der Waals surface area contributed by atoms with Crippen LogP contribution in [0.5, 0.6) is 0 Å². The highest BCUT2D eigenvalue weighted by Gasteiger charge is 2.31. The Kier molecular flexibility index (Phi) is 9.25. The zero-order valence-electron chi connectivity index (χ0n) is 19.6. The maximum atomic E-state index is 12.4. The second-order valence-electron chi connectivity index (χ2n) is 9.12. The molecule has 172 valence electrons. The van der Waals surface area contributed by atoms with Crippen LogP contribution in [0, 0.1) is 11.8 Å². The van der Waals surface area contributed by atoms with Gasteiger partial charge in [0.1, 0.15) is 0 Å². The Morgan fingerprint density at radius 3 is 2.33 bits per heavy atom. The molecule has 3 rings (SSSR count). The fourth-order valence-corrected chi connectivity index (χ4v) is 4.85. The largest absolute Gasteiger partial charge is 0.357 e. The first-order valence-electron chi connectivity index (χ1n) is 12.4. The fourth-order valence-electron chi connectivity index (χ4n) is 4.85. The van der Waals surface area contributed by atoms with Crippen LogP contribution >= 0.6 is 0 Å². The minimum absolute atomic E-state index is 0.329. The number of hydrogen-bond acceptors (Lipinski definition) is 4. The van der Waals surface area contributed by atoms with Gasteiger partial charge in [-0.1, -0.05) is 20.3 Å². The summed E-state index contributed by atoms with van der Waals surface area (Å²) < 4.78 is 0. The number of nitrogens with one attached hydrogen (secondary N) is 1. The number of guanidine groups is 1. The Morgan fingerprint density at radius 1 is 1.00 bits per heavy atom. The van der Waals surface area contributed by atoms with Crippen molar-refractivity contribution in [1.29, 1.82) is 0 Å². The monoisotopic (exact) mass is 420 g/mol. The molecule has 3 aliphatic rings. The van der Waals surface area contributed by atoms with E-state index in [4.69, 9.17) is 4.99 Å². The van der Waals surface area contributed by atoms with E-state index >= 15 is 0 Å². The van der Waals surface area contributed by atoms with Gasteiger partial charge < -0.3 is 20.0 Å². The molecule has 2 aliphatic heterocycles. The van der Waals surface area contributed by atoms with Gasteiger partial charge in [0.25, 0.3) is 0 Å². The summed E-state index contributed by atoms with van der Waals surface area (Å²) in [6, 6.07) is 0. The number of amides is 1. The summed E-state index contributed by atoms with van der Waals surface area (Å²) in [6.45, 7) is 18.8. The highest BCUT2D eigenvalue weighted by Crippen LogP contribution is 2.28. The lowest BCUT2D eigenvalue weighted by atomic mass is 9.84. The van der Waals surface area contributed by atoms with Crippen LogP contribution in [-0.4, -0.2) is 110 Å². The van der Waals surface area contributed by atoms with Gasteiger partial charge in [-0.2, -0.15) is 0 Å². The average molecular weight is 421 g/mol. The first-order valence-corrected chi connectivity index (χ1v) is 12.4. The Balaban J connectivity index is 1.40. The Bertz CT molecular complexity index is 552. The number of aliphatic imine (C=N–C) groups is 1.